The summed E-state index contributed by atoms with van der Waals surface area (Å²) in [5.74, 6) is -0.0871. The topological polar surface area (TPSA) is 64.0 Å². The molecule has 1 amide bonds. The van der Waals surface area contributed by atoms with Crippen LogP contribution in [-0.2, 0) is 32.2 Å². The van der Waals surface area contributed by atoms with E-state index in [1.165, 1.54) is 6.20 Å². The number of benzene rings is 1. The van der Waals surface area contributed by atoms with Gasteiger partial charge >= 0.3 is 6.18 Å². The number of likely N-dealkylation sites (tertiary alicyclic amines) is 1. The molecule has 0 aliphatic carbocycles. The molecule has 5 rings (SSSR count). The summed E-state index contributed by atoms with van der Waals surface area (Å²) in [6.07, 6.45) is -3.97. The third kappa shape index (κ3) is 3.79. The van der Waals surface area contributed by atoms with Crippen LogP contribution >= 0.6 is 34.8 Å². The molecule has 4 heterocycles. The number of ether oxygens (including phenoxy) is 1. The van der Waals surface area contributed by atoms with Gasteiger partial charge in [0.25, 0.3) is 5.60 Å². The molecular formula is C23H19Cl3F3N3O3. The summed E-state index contributed by atoms with van der Waals surface area (Å²) in [6, 6.07) is 3.88. The first kappa shape index (κ1) is 24.6. The highest BCUT2D eigenvalue weighted by atomic mass is 35.5. The molecule has 1 saturated heterocycles. The minimum absolute atomic E-state index is 0.0349. The van der Waals surface area contributed by atoms with E-state index in [-0.39, 0.29) is 44.8 Å². The zero-order valence-electron chi connectivity index (χ0n) is 18.5. The van der Waals surface area contributed by atoms with Crippen molar-refractivity contribution in [3.63, 3.8) is 0 Å². The largest absolute Gasteiger partial charge is 0.435 e. The van der Waals surface area contributed by atoms with Gasteiger partial charge in [0.2, 0.25) is 5.91 Å². The number of hydrogen-bond donors (Lipinski definition) is 0. The highest BCUT2D eigenvalue weighted by molar-refractivity contribution is 6.48. The van der Waals surface area contributed by atoms with Crippen molar-refractivity contribution in [1.82, 2.24) is 9.88 Å². The first-order chi connectivity index (χ1) is 16.4. The number of halogens is 6. The maximum absolute atomic E-state index is 14.3. The van der Waals surface area contributed by atoms with E-state index in [1.54, 1.807) is 11.0 Å². The summed E-state index contributed by atoms with van der Waals surface area (Å²) in [5, 5.41) is 3.49. The standard InChI is InChI=1S/C23H19Cl3F3N3O3/c1-11(2)20(33)32-9-21(10-32)19-13(8-34-21)3-12(7-30-19)17-6-22(35-31-17,23(27,28)29)14-4-15(24)18(26)16(25)5-14/h3-5,7,11H,6,8-10H2,1-2H3. The molecule has 0 saturated carbocycles. The Bertz CT molecular complexity index is 1240. The summed E-state index contributed by atoms with van der Waals surface area (Å²) in [6.45, 7) is 4.68. The van der Waals surface area contributed by atoms with Crippen molar-refractivity contribution in [1.29, 1.82) is 0 Å². The van der Waals surface area contributed by atoms with Crippen LogP contribution < -0.4 is 0 Å². The summed E-state index contributed by atoms with van der Waals surface area (Å²) in [4.78, 5) is 23.5. The smallest absolute Gasteiger partial charge is 0.374 e. The molecule has 1 aromatic carbocycles. The van der Waals surface area contributed by atoms with Gasteiger partial charge in [-0.1, -0.05) is 53.8 Å². The van der Waals surface area contributed by atoms with E-state index in [1.807, 2.05) is 13.8 Å². The zero-order chi connectivity index (χ0) is 25.3. The van der Waals surface area contributed by atoms with Crippen LogP contribution in [0.5, 0.6) is 0 Å². The SMILES string of the molecule is CC(C)C(=O)N1CC2(C1)OCc1cc(C3=NOC(c4cc(Cl)c(Cl)c(Cl)c4)(C(F)(F)F)C3)cnc12. The number of aromatic nitrogens is 1. The molecule has 12 heteroatoms. The van der Waals surface area contributed by atoms with Gasteiger partial charge in [-0.2, -0.15) is 13.2 Å². The normalized spacial score (nSPS) is 22.8. The van der Waals surface area contributed by atoms with Crippen LogP contribution in [-0.4, -0.2) is 40.8 Å². The number of carbonyl (C=O) groups is 1. The van der Waals surface area contributed by atoms with Gasteiger partial charge < -0.3 is 14.5 Å². The van der Waals surface area contributed by atoms with Gasteiger partial charge in [-0.3, -0.25) is 9.78 Å². The number of pyridine rings is 1. The Balaban J connectivity index is 1.42. The Hall–Kier alpha value is -2.07. The van der Waals surface area contributed by atoms with Crippen LogP contribution in [0.15, 0.2) is 29.6 Å². The van der Waals surface area contributed by atoms with E-state index in [0.29, 0.717) is 24.3 Å². The van der Waals surface area contributed by atoms with Crippen molar-refractivity contribution in [2.45, 2.75) is 44.3 Å². The summed E-state index contributed by atoms with van der Waals surface area (Å²) in [7, 11) is 0. The van der Waals surface area contributed by atoms with Gasteiger partial charge in [0.1, 0.15) is 5.60 Å². The molecule has 0 radical (unpaired) electrons. The average Bonchev–Trinajstić information content (AvgIpc) is 3.38. The van der Waals surface area contributed by atoms with Crippen LogP contribution in [0.2, 0.25) is 15.1 Å². The van der Waals surface area contributed by atoms with Gasteiger partial charge in [0, 0.05) is 28.8 Å². The second-order valence-electron chi connectivity index (χ2n) is 9.25. The fraction of sp³-hybridized carbons (Fsp3) is 0.435. The zero-order valence-corrected chi connectivity index (χ0v) is 20.8. The van der Waals surface area contributed by atoms with Gasteiger partial charge in [0.05, 0.1) is 52.6 Å². The molecular weight excluding hydrogens is 530 g/mol. The third-order valence-corrected chi connectivity index (χ3v) is 7.77. The van der Waals surface area contributed by atoms with E-state index < -0.39 is 23.8 Å². The van der Waals surface area contributed by atoms with Crippen molar-refractivity contribution in [3.05, 3.63) is 61.8 Å². The first-order valence-electron chi connectivity index (χ1n) is 10.8. The van der Waals surface area contributed by atoms with Crippen molar-refractivity contribution >= 4 is 46.4 Å². The van der Waals surface area contributed by atoms with Crippen LogP contribution in [0.4, 0.5) is 13.2 Å². The molecule has 1 atom stereocenters. The number of hydrogen-bond acceptors (Lipinski definition) is 5. The van der Waals surface area contributed by atoms with E-state index >= 15 is 0 Å². The van der Waals surface area contributed by atoms with Gasteiger partial charge in [-0.25, -0.2) is 0 Å². The van der Waals surface area contributed by atoms with Crippen molar-refractivity contribution in [2.24, 2.45) is 11.1 Å². The summed E-state index contributed by atoms with van der Waals surface area (Å²) in [5.41, 5.74) is -1.87. The number of fused-ring (bicyclic) bond motifs is 2. The predicted octanol–water partition coefficient (Wildman–Crippen LogP) is 5.85. The van der Waals surface area contributed by atoms with Gasteiger partial charge in [-0.15, -0.1) is 0 Å². The molecule has 3 aliphatic rings. The molecule has 1 aromatic heterocycles. The van der Waals surface area contributed by atoms with Crippen LogP contribution in [0.25, 0.3) is 0 Å². The molecule has 1 spiro atoms. The second kappa shape index (κ2) is 8.23. The fourth-order valence-electron chi connectivity index (χ4n) is 4.65. The van der Waals surface area contributed by atoms with Crippen molar-refractivity contribution < 1.29 is 27.5 Å². The Kier molecular flexibility index (Phi) is 5.79. The molecule has 1 unspecified atom stereocenters. The average molecular weight is 549 g/mol. The van der Waals surface area contributed by atoms with E-state index in [4.69, 9.17) is 44.4 Å². The minimum atomic E-state index is -4.82. The molecule has 1 fully saturated rings. The highest BCUT2D eigenvalue weighted by Crippen LogP contribution is 2.51. The maximum atomic E-state index is 14.3. The number of rotatable bonds is 3. The van der Waals surface area contributed by atoms with E-state index in [9.17, 15) is 18.0 Å². The Morgan fingerprint density at radius 1 is 1.14 bits per heavy atom. The van der Waals surface area contributed by atoms with Gasteiger partial charge in [0.15, 0.2) is 0 Å². The molecule has 6 nitrogen and oxygen atoms in total. The molecule has 186 valence electrons. The number of alkyl halides is 3. The number of amides is 1. The van der Waals surface area contributed by atoms with Crippen LogP contribution in [0.3, 0.4) is 0 Å². The van der Waals surface area contributed by atoms with E-state index in [2.05, 4.69) is 10.1 Å². The third-order valence-electron chi connectivity index (χ3n) is 6.57. The van der Waals surface area contributed by atoms with Crippen LogP contribution in [0, 0.1) is 5.92 Å². The van der Waals surface area contributed by atoms with Crippen molar-refractivity contribution in [2.75, 3.05) is 13.1 Å². The number of nitrogens with zero attached hydrogens (tertiary/aromatic N) is 3. The Morgan fingerprint density at radius 3 is 2.40 bits per heavy atom. The molecule has 2 aromatic rings. The summed E-state index contributed by atoms with van der Waals surface area (Å²) >= 11 is 17.9. The Morgan fingerprint density at radius 2 is 1.80 bits per heavy atom. The van der Waals surface area contributed by atoms with Crippen LogP contribution in [0.1, 0.15) is 42.7 Å². The second-order valence-corrected chi connectivity index (χ2v) is 10.4. The molecule has 0 bridgehead atoms. The quantitative estimate of drug-likeness (QED) is 0.452. The molecule has 3 aliphatic heterocycles. The summed E-state index contributed by atoms with van der Waals surface area (Å²) < 4.78 is 48.9. The fourth-order valence-corrected chi connectivity index (χ4v) is 5.25. The minimum Gasteiger partial charge on any atom is -0.374 e. The lowest BCUT2D eigenvalue weighted by atomic mass is 9.85. The lowest BCUT2D eigenvalue weighted by Crippen LogP contribution is -2.62. The maximum Gasteiger partial charge on any atom is 0.435 e. The number of carbonyl (C=O) groups excluding carboxylic acids is 1. The lowest BCUT2D eigenvalue weighted by Gasteiger charge is -2.47. The molecule has 0 N–H and O–H groups in total. The van der Waals surface area contributed by atoms with E-state index in [0.717, 1.165) is 17.7 Å². The predicted molar refractivity (Wildman–Crippen MR) is 124 cm³/mol. The molecule has 35 heavy (non-hydrogen) atoms. The number of oxime groups is 1. The monoisotopic (exact) mass is 547 g/mol. The first-order valence-corrected chi connectivity index (χ1v) is 11.9. The van der Waals surface area contributed by atoms with Gasteiger partial charge in [-0.05, 0) is 18.2 Å². The lowest BCUT2D eigenvalue weighted by molar-refractivity contribution is -0.275. The highest BCUT2D eigenvalue weighted by Gasteiger charge is 2.62. The Labute approximate surface area is 213 Å². The van der Waals surface area contributed by atoms with Crippen molar-refractivity contribution in [3.8, 4) is 0 Å².